The first-order valence-electron chi connectivity index (χ1n) is 11.6. The number of amides is 1. The molecule has 0 spiro atoms. The van der Waals surface area contributed by atoms with Gasteiger partial charge in [0, 0.05) is 11.6 Å². The van der Waals surface area contributed by atoms with E-state index in [1.54, 1.807) is 24.3 Å². The van der Waals surface area contributed by atoms with E-state index in [0.717, 1.165) is 41.8 Å². The molecular weight excluding hydrogens is 474 g/mol. The number of sulfonamides is 1. The van der Waals surface area contributed by atoms with Gasteiger partial charge in [0.15, 0.2) is 0 Å². The quantitative estimate of drug-likeness (QED) is 0.490. The Bertz CT molecular complexity index is 1070. The third-order valence-electron chi connectivity index (χ3n) is 6.16. The maximum atomic E-state index is 13.6. The first kappa shape index (κ1) is 26.3. The summed E-state index contributed by atoms with van der Waals surface area (Å²) in [4.78, 5) is 15.3. The van der Waals surface area contributed by atoms with E-state index in [1.165, 1.54) is 38.2 Å². The molecule has 2 aromatic carbocycles. The molecule has 1 aliphatic heterocycles. The van der Waals surface area contributed by atoms with Gasteiger partial charge in [-0.05, 0) is 82.1 Å². The number of hydrogen-bond donors (Lipinski definition) is 1. The summed E-state index contributed by atoms with van der Waals surface area (Å²) in [7, 11) is -2.59. The standard InChI is InChI=1S/C25H34ClN3O4S/c1-19-5-8-22(9-6-19)34(31,32)29(23-17-21(26)7-10-24(23)33-3)18-25(30)27-13-4-14-28-15-11-20(2)12-16-28/h5-10,17,20H,4,11-16,18H2,1-3H3,(H,27,30). The third-order valence-corrected chi connectivity index (χ3v) is 8.16. The highest BCUT2D eigenvalue weighted by atomic mass is 35.5. The van der Waals surface area contributed by atoms with Crippen LogP contribution in [0.15, 0.2) is 47.4 Å². The third kappa shape index (κ3) is 6.87. The van der Waals surface area contributed by atoms with Gasteiger partial charge in [0.25, 0.3) is 10.0 Å². The number of aryl methyl sites for hydroxylation is 1. The van der Waals surface area contributed by atoms with Crippen LogP contribution in [0.2, 0.25) is 5.02 Å². The number of likely N-dealkylation sites (tertiary alicyclic amines) is 1. The molecule has 1 N–H and O–H groups in total. The van der Waals surface area contributed by atoms with Gasteiger partial charge < -0.3 is 15.0 Å². The van der Waals surface area contributed by atoms with E-state index >= 15 is 0 Å². The van der Waals surface area contributed by atoms with Crippen LogP contribution in [0.1, 0.15) is 31.7 Å². The minimum absolute atomic E-state index is 0.0901. The molecule has 1 aliphatic rings. The van der Waals surface area contributed by atoms with Gasteiger partial charge in [-0.1, -0.05) is 36.2 Å². The van der Waals surface area contributed by atoms with E-state index in [4.69, 9.17) is 16.3 Å². The second-order valence-electron chi connectivity index (χ2n) is 8.87. The molecule has 1 heterocycles. The van der Waals surface area contributed by atoms with Gasteiger partial charge in [-0.3, -0.25) is 9.10 Å². The van der Waals surface area contributed by atoms with Gasteiger partial charge in [0.05, 0.1) is 17.7 Å². The second-order valence-corrected chi connectivity index (χ2v) is 11.2. The molecule has 34 heavy (non-hydrogen) atoms. The number of rotatable bonds is 10. The lowest BCUT2D eigenvalue weighted by Gasteiger charge is -2.30. The average molecular weight is 508 g/mol. The van der Waals surface area contributed by atoms with Gasteiger partial charge in [-0.2, -0.15) is 0 Å². The van der Waals surface area contributed by atoms with E-state index in [0.29, 0.717) is 17.3 Å². The van der Waals surface area contributed by atoms with E-state index in [2.05, 4.69) is 17.1 Å². The van der Waals surface area contributed by atoms with Crippen molar-refractivity contribution < 1.29 is 17.9 Å². The van der Waals surface area contributed by atoms with Crippen molar-refractivity contribution in [3.63, 3.8) is 0 Å². The zero-order valence-corrected chi connectivity index (χ0v) is 21.7. The Kier molecular flexibility index (Phi) is 9.22. The van der Waals surface area contributed by atoms with Crippen LogP contribution >= 0.6 is 11.6 Å². The molecule has 1 saturated heterocycles. The number of anilines is 1. The normalized spacial score (nSPS) is 15.2. The predicted molar refractivity (Wildman–Crippen MR) is 136 cm³/mol. The number of methoxy groups -OCH3 is 1. The Morgan fingerprint density at radius 2 is 1.85 bits per heavy atom. The van der Waals surface area contributed by atoms with Crippen LogP contribution in [0.3, 0.4) is 0 Å². The monoisotopic (exact) mass is 507 g/mol. The molecule has 7 nitrogen and oxygen atoms in total. The fraction of sp³-hybridized carbons (Fsp3) is 0.480. The van der Waals surface area contributed by atoms with E-state index in [-0.39, 0.29) is 23.0 Å². The van der Waals surface area contributed by atoms with Gasteiger partial charge >= 0.3 is 0 Å². The van der Waals surface area contributed by atoms with Crippen molar-refractivity contribution in [3.05, 3.63) is 53.1 Å². The van der Waals surface area contributed by atoms with Gasteiger partial charge in [0.1, 0.15) is 12.3 Å². The largest absolute Gasteiger partial charge is 0.495 e. The van der Waals surface area contributed by atoms with Crippen LogP contribution in [0.4, 0.5) is 5.69 Å². The Labute approximate surface area is 208 Å². The Morgan fingerprint density at radius 3 is 2.50 bits per heavy atom. The summed E-state index contributed by atoms with van der Waals surface area (Å²) in [6.07, 6.45) is 3.23. The number of benzene rings is 2. The van der Waals surface area contributed by atoms with Gasteiger partial charge in [-0.25, -0.2) is 8.42 Å². The molecule has 2 aromatic rings. The minimum Gasteiger partial charge on any atom is -0.495 e. The molecule has 1 fully saturated rings. The maximum absolute atomic E-state index is 13.6. The number of ether oxygens (including phenoxy) is 1. The zero-order valence-electron chi connectivity index (χ0n) is 20.1. The Hall–Kier alpha value is -2.29. The average Bonchev–Trinajstić information content (AvgIpc) is 2.81. The highest BCUT2D eigenvalue weighted by Gasteiger charge is 2.29. The van der Waals surface area contributed by atoms with Crippen molar-refractivity contribution in [2.45, 2.75) is 38.0 Å². The van der Waals surface area contributed by atoms with Crippen LogP contribution in [0.5, 0.6) is 5.75 Å². The lowest BCUT2D eigenvalue weighted by molar-refractivity contribution is -0.119. The van der Waals surface area contributed by atoms with Crippen LogP contribution in [0, 0.1) is 12.8 Å². The van der Waals surface area contributed by atoms with Crippen LogP contribution in [-0.4, -0.2) is 59.1 Å². The lowest BCUT2D eigenvalue weighted by atomic mass is 9.99. The Morgan fingerprint density at radius 1 is 1.18 bits per heavy atom. The topological polar surface area (TPSA) is 79.0 Å². The van der Waals surface area contributed by atoms with Crippen molar-refractivity contribution in [1.82, 2.24) is 10.2 Å². The fourth-order valence-corrected chi connectivity index (χ4v) is 5.59. The zero-order chi connectivity index (χ0) is 24.7. The smallest absolute Gasteiger partial charge is 0.264 e. The number of halogens is 1. The highest BCUT2D eigenvalue weighted by molar-refractivity contribution is 7.92. The summed E-state index contributed by atoms with van der Waals surface area (Å²) in [5, 5.41) is 3.21. The summed E-state index contributed by atoms with van der Waals surface area (Å²) < 4.78 is 33.6. The van der Waals surface area contributed by atoms with E-state index in [1.807, 2.05) is 6.92 Å². The minimum atomic E-state index is -4.04. The van der Waals surface area contributed by atoms with E-state index in [9.17, 15) is 13.2 Å². The van der Waals surface area contributed by atoms with Crippen molar-refractivity contribution in [1.29, 1.82) is 0 Å². The summed E-state index contributed by atoms with van der Waals surface area (Å²) >= 11 is 6.17. The van der Waals surface area contributed by atoms with Crippen molar-refractivity contribution >= 4 is 33.2 Å². The number of piperidine rings is 1. The fourth-order valence-electron chi connectivity index (χ4n) is 4.00. The number of carbonyl (C=O) groups excluding carboxylic acids is 1. The molecule has 0 aliphatic carbocycles. The maximum Gasteiger partial charge on any atom is 0.264 e. The van der Waals surface area contributed by atoms with Crippen LogP contribution in [-0.2, 0) is 14.8 Å². The number of carbonyl (C=O) groups is 1. The molecule has 0 radical (unpaired) electrons. The Balaban J connectivity index is 1.73. The summed E-state index contributed by atoms with van der Waals surface area (Å²) in [6, 6.07) is 11.2. The second kappa shape index (κ2) is 11.9. The van der Waals surface area contributed by atoms with Gasteiger partial charge in [0.2, 0.25) is 5.91 Å². The molecule has 0 unspecified atom stereocenters. The van der Waals surface area contributed by atoms with E-state index < -0.39 is 10.0 Å². The summed E-state index contributed by atoms with van der Waals surface area (Å²) in [6.45, 7) is 7.36. The molecule has 3 rings (SSSR count). The van der Waals surface area contributed by atoms with Crippen molar-refractivity contribution in [2.24, 2.45) is 5.92 Å². The summed E-state index contributed by atoms with van der Waals surface area (Å²) in [5.41, 5.74) is 1.15. The molecule has 186 valence electrons. The van der Waals surface area contributed by atoms with Crippen LogP contribution < -0.4 is 14.4 Å². The molecule has 0 aromatic heterocycles. The predicted octanol–water partition coefficient (Wildman–Crippen LogP) is 4.09. The first-order valence-corrected chi connectivity index (χ1v) is 13.4. The molecule has 0 saturated carbocycles. The number of nitrogens with zero attached hydrogens (tertiary/aromatic N) is 2. The molecule has 1 amide bonds. The van der Waals surface area contributed by atoms with Gasteiger partial charge in [-0.15, -0.1) is 0 Å². The SMILES string of the molecule is COc1ccc(Cl)cc1N(CC(=O)NCCCN1CCC(C)CC1)S(=O)(=O)c1ccc(C)cc1. The highest BCUT2D eigenvalue weighted by Crippen LogP contribution is 2.34. The van der Waals surface area contributed by atoms with Crippen molar-refractivity contribution in [2.75, 3.05) is 44.1 Å². The van der Waals surface area contributed by atoms with Crippen LogP contribution in [0.25, 0.3) is 0 Å². The van der Waals surface area contributed by atoms with Crippen molar-refractivity contribution in [3.8, 4) is 5.75 Å². The molecule has 0 atom stereocenters. The first-order chi connectivity index (χ1) is 16.2. The molecule has 9 heteroatoms. The number of hydrogen-bond acceptors (Lipinski definition) is 5. The molecule has 0 bridgehead atoms. The molecular formula is C25H34ClN3O4S. The summed E-state index contributed by atoms with van der Waals surface area (Å²) in [5.74, 6) is 0.707. The number of nitrogens with one attached hydrogen (secondary N) is 1. The lowest BCUT2D eigenvalue weighted by Crippen LogP contribution is -2.42.